The van der Waals surface area contributed by atoms with Crippen molar-refractivity contribution < 1.29 is 5.11 Å². The molecule has 0 aromatic carbocycles. The summed E-state index contributed by atoms with van der Waals surface area (Å²) in [7, 11) is 0. The number of allylic oxidation sites excluding steroid dienone is 1. The smallest absolute Gasteiger partial charge is 0.0832 e. The minimum atomic E-state index is -0.236. The molecule has 0 spiro atoms. The molecule has 1 saturated carbocycles. The Balaban J connectivity index is 1.97. The van der Waals surface area contributed by atoms with Crippen LogP contribution in [0.5, 0.6) is 0 Å². The molecule has 1 atom stereocenters. The van der Waals surface area contributed by atoms with E-state index in [0.29, 0.717) is 5.92 Å². The van der Waals surface area contributed by atoms with Crippen molar-refractivity contribution in [1.29, 1.82) is 0 Å². The third-order valence-corrected chi connectivity index (χ3v) is 2.77. The first-order valence-electron chi connectivity index (χ1n) is 5.26. The molecule has 1 aromatic heterocycles. The number of hydrogen-bond acceptors (Lipinski definition) is 1. The van der Waals surface area contributed by atoms with Crippen LogP contribution >= 0.6 is 0 Å². The summed E-state index contributed by atoms with van der Waals surface area (Å²) in [6, 6.07) is 2.02. The zero-order valence-electron chi connectivity index (χ0n) is 8.39. The monoisotopic (exact) mass is 191 g/mol. The Morgan fingerprint density at radius 1 is 1.64 bits per heavy atom. The molecular formula is C12H17NO. The maximum atomic E-state index is 9.87. The van der Waals surface area contributed by atoms with E-state index in [1.807, 2.05) is 24.5 Å². The Morgan fingerprint density at radius 3 is 3.07 bits per heavy atom. The van der Waals surface area contributed by atoms with E-state index in [9.17, 15) is 5.11 Å². The molecule has 14 heavy (non-hydrogen) atoms. The van der Waals surface area contributed by atoms with E-state index in [4.69, 9.17) is 0 Å². The summed E-state index contributed by atoms with van der Waals surface area (Å²) < 4.78 is 2.11. The topological polar surface area (TPSA) is 25.2 Å². The van der Waals surface area contributed by atoms with Crippen LogP contribution in [0.15, 0.2) is 31.1 Å². The molecule has 1 N–H and O–H groups in total. The van der Waals surface area contributed by atoms with Crippen molar-refractivity contribution in [3.8, 4) is 0 Å². The summed E-state index contributed by atoms with van der Waals surface area (Å²) in [4.78, 5) is 0. The molecule has 0 amide bonds. The van der Waals surface area contributed by atoms with Gasteiger partial charge < -0.3 is 9.67 Å². The van der Waals surface area contributed by atoms with E-state index in [2.05, 4.69) is 11.1 Å². The van der Waals surface area contributed by atoms with Crippen LogP contribution in [0.1, 0.15) is 30.9 Å². The highest BCUT2D eigenvalue weighted by Crippen LogP contribution is 2.40. The Hall–Kier alpha value is -1.02. The van der Waals surface area contributed by atoms with Crippen LogP contribution in [0.3, 0.4) is 0 Å². The van der Waals surface area contributed by atoms with E-state index >= 15 is 0 Å². The van der Waals surface area contributed by atoms with Crippen LogP contribution in [-0.4, -0.2) is 9.67 Å². The first kappa shape index (κ1) is 9.53. The predicted molar refractivity (Wildman–Crippen MR) is 56.9 cm³/mol. The molecule has 1 unspecified atom stereocenters. The van der Waals surface area contributed by atoms with Gasteiger partial charge in [-0.1, -0.05) is 6.08 Å². The Kier molecular flexibility index (Phi) is 2.73. The number of hydrogen-bond donors (Lipinski definition) is 1. The summed E-state index contributed by atoms with van der Waals surface area (Å²) in [6.45, 7) is 4.65. The highest BCUT2D eigenvalue weighted by molar-refractivity contribution is 5.16. The standard InChI is InChI=1S/C12H17NO/c1-2-3-7-13-8-6-11(9-13)12(14)10-4-5-10/h2,6,8-10,12,14H,1,3-5,7H2. The molecule has 1 heterocycles. The van der Waals surface area contributed by atoms with Crippen LogP contribution < -0.4 is 0 Å². The molecule has 2 heteroatoms. The predicted octanol–water partition coefficient (Wildman–Crippen LogP) is 2.51. The minimum absolute atomic E-state index is 0.236. The molecule has 0 radical (unpaired) electrons. The zero-order chi connectivity index (χ0) is 9.97. The second-order valence-electron chi connectivity index (χ2n) is 4.04. The molecule has 76 valence electrons. The van der Waals surface area contributed by atoms with Crippen LogP contribution in [0.25, 0.3) is 0 Å². The Bertz CT molecular complexity index is 312. The third kappa shape index (κ3) is 2.07. The first-order valence-corrected chi connectivity index (χ1v) is 5.26. The summed E-state index contributed by atoms with van der Waals surface area (Å²) in [5.41, 5.74) is 1.07. The molecule has 0 aliphatic heterocycles. The fraction of sp³-hybridized carbons (Fsp3) is 0.500. The fourth-order valence-electron chi connectivity index (χ4n) is 1.70. The van der Waals surface area contributed by atoms with E-state index in [1.165, 1.54) is 12.8 Å². The van der Waals surface area contributed by atoms with Gasteiger partial charge in [-0.2, -0.15) is 0 Å². The van der Waals surface area contributed by atoms with E-state index in [0.717, 1.165) is 18.5 Å². The average Bonchev–Trinajstić information content (AvgIpc) is 2.94. The SMILES string of the molecule is C=CCCn1ccc(C(O)C2CC2)c1. The number of aliphatic hydroxyl groups is 1. The normalized spacial score (nSPS) is 18.1. The lowest BCUT2D eigenvalue weighted by molar-refractivity contribution is 0.154. The number of rotatable bonds is 5. The van der Waals surface area contributed by atoms with Crippen LogP contribution in [-0.2, 0) is 6.54 Å². The van der Waals surface area contributed by atoms with Gasteiger partial charge in [0.25, 0.3) is 0 Å². The second kappa shape index (κ2) is 4.01. The van der Waals surface area contributed by atoms with Gasteiger partial charge in [-0.3, -0.25) is 0 Å². The number of aryl methyl sites for hydroxylation is 1. The number of aromatic nitrogens is 1. The lowest BCUT2D eigenvalue weighted by Crippen LogP contribution is -1.98. The van der Waals surface area contributed by atoms with Crippen molar-refractivity contribution in [2.45, 2.75) is 31.9 Å². The maximum absolute atomic E-state index is 9.87. The van der Waals surface area contributed by atoms with Crippen molar-refractivity contribution in [2.24, 2.45) is 5.92 Å². The van der Waals surface area contributed by atoms with Crippen LogP contribution in [0.4, 0.5) is 0 Å². The van der Waals surface area contributed by atoms with Crippen molar-refractivity contribution in [3.05, 3.63) is 36.7 Å². The lowest BCUT2D eigenvalue weighted by atomic mass is 10.1. The first-order chi connectivity index (χ1) is 6.81. The average molecular weight is 191 g/mol. The summed E-state index contributed by atoms with van der Waals surface area (Å²) in [6.07, 6.45) is 9.10. The van der Waals surface area contributed by atoms with Crippen molar-refractivity contribution in [1.82, 2.24) is 4.57 Å². The van der Waals surface area contributed by atoms with Gasteiger partial charge in [-0.25, -0.2) is 0 Å². The van der Waals surface area contributed by atoms with Crippen LogP contribution in [0.2, 0.25) is 0 Å². The van der Waals surface area contributed by atoms with Gasteiger partial charge >= 0.3 is 0 Å². The van der Waals surface area contributed by atoms with Gasteiger partial charge in [-0.15, -0.1) is 6.58 Å². The number of nitrogens with zero attached hydrogens (tertiary/aromatic N) is 1. The van der Waals surface area contributed by atoms with Crippen LogP contribution in [0, 0.1) is 5.92 Å². The van der Waals surface area contributed by atoms with E-state index in [1.54, 1.807) is 0 Å². The molecule has 1 aromatic rings. The lowest BCUT2D eigenvalue weighted by Gasteiger charge is -2.05. The quantitative estimate of drug-likeness (QED) is 0.711. The van der Waals surface area contributed by atoms with Crippen molar-refractivity contribution in [3.63, 3.8) is 0 Å². The summed E-state index contributed by atoms with van der Waals surface area (Å²) in [5, 5.41) is 9.87. The molecule has 2 nitrogen and oxygen atoms in total. The molecule has 1 fully saturated rings. The largest absolute Gasteiger partial charge is 0.388 e. The molecule has 0 saturated heterocycles. The second-order valence-corrected chi connectivity index (χ2v) is 4.04. The maximum Gasteiger partial charge on any atom is 0.0832 e. The highest BCUT2D eigenvalue weighted by atomic mass is 16.3. The summed E-state index contributed by atoms with van der Waals surface area (Å²) in [5.74, 6) is 0.519. The van der Waals surface area contributed by atoms with Crippen molar-refractivity contribution >= 4 is 0 Å². The van der Waals surface area contributed by atoms with Gasteiger partial charge in [0.2, 0.25) is 0 Å². The van der Waals surface area contributed by atoms with Gasteiger partial charge in [-0.05, 0) is 36.8 Å². The zero-order valence-corrected chi connectivity index (χ0v) is 8.39. The van der Waals surface area contributed by atoms with E-state index in [-0.39, 0.29) is 6.10 Å². The molecule has 1 aliphatic carbocycles. The van der Waals surface area contributed by atoms with Gasteiger partial charge in [0.1, 0.15) is 0 Å². The molecule has 1 aliphatic rings. The van der Waals surface area contributed by atoms with Gasteiger partial charge in [0.05, 0.1) is 6.10 Å². The van der Waals surface area contributed by atoms with E-state index < -0.39 is 0 Å². The Labute approximate surface area is 84.9 Å². The molecular weight excluding hydrogens is 174 g/mol. The molecule has 0 bridgehead atoms. The Morgan fingerprint density at radius 2 is 2.43 bits per heavy atom. The number of aliphatic hydroxyl groups excluding tert-OH is 1. The summed E-state index contributed by atoms with van der Waals surface area (Å²) >= 11 is 0. The minimum Gasteiger partial charge on any atom is -0.388 e. The van der Waals surface area contributed by atoms with Gasteiger partial charge in [0.15, 0.2) is 0 Å². The third-order valence-electron chi connectivity index (χ3n) is 2.77. The van der Waals surface area contributed by atoms with Gasteiger partial charge in [0, 0.05) is 18.9 Å². The highest BCUT2D eigenvalue weighted by Gasteiger charge is 2.30. The molecule has 2 rings (SSSR count). The fourth-order valence-corrected chi connectivity index (χ4v) is 1.70. The van der Waals surface area contributed by atoms with Crippen molar-refractivity contribution in [2.75, 3.05) is 0 Å².